The van der Waals surface area contributed by atoms with Crippen molar-refractivity contribution in [3.63, 3.8) is 0 Å². The van der Waals surface area contributed by atoms with E-state index in [1.165, 1.54) is 17.0 Å². The fourth-order valence-electron chi connectivity index (χ4n) is 2.71. The third-order valence-electron chi connectivity index (χ3n) is 3.77. The Bertz CT molecular complexity index is 551. The van der Waals surface area contributed by atoms with Gasteiger partial charge in [0.05, 0.1) is 0 Å². The lowest BCUT2D eigenvalue weighted by Crippen LogP contribution is -2.65. The van der Waals surface area contributed by atoms with E-state index < -0.39 is 17.9 Å². The molecule has 0 saturated carbocycles. The van der Waals surface area contributed by atoms with Crippen molar-refractivity contribution in [1.29, 1.82) is 0 Å². The van der Waals surface area contributed by atoms with Crippen LogP contribution in [0.15, 0.2) is 18.2 Å². The lowest BCUT2D eigenvalue weighted by molar-refractivity contribution is -0.134. The summed E-state index contributed by atoms with van der Waals surface area (Å²) in [6.45, 7) is 7.36. The first-order chi connectivity index (χ1) is 9.85. The van der Waals surface area contributed by atoms with Crippen molar-refractivity contribution in [3.8, 4) is 0 Å². The van der Waals surface area contributed by atoms with E-state index in [4.69, 9.17) is 0 Å². The lowest BCUT2D eigenvalue weighted by atomic mass is 9.96. The second-order valence-electron chi connectivity index (χ2n) is 5.85. The van der Waals surface area contributed by atoms with Crippen molar-refractivity contribution < 1.29 is 14.0 Å². The third kappa shape index (κ3) is 2.91. The number of aryl methyl sites for hydroxylation is 1. The van der Waals surface area contributed by atoms with Gasteiger partial charge in [-0.05, 0) is 43.0 Å². The van der Waals surface area contributed by atoms with Crippen molar-refractivity contribution >= 4 is 17.5 Å². The van der Waals surface area contributed by atoms with Gasteiger partial charge in [-0.2, -0.15) is 0 Å². The van der Waals surface area contributed by atoms with Crippen LogP contribution in [0.5, 0.6) is 0 Å². The second kappa shape index (κ2) is 5.84. The molecule has 0 aliphatic carbocycles. The van der Waals surface area contributed by atoms with Gasteiger partial charge in [-0.3, -0.25) is 14.5 Å². The maximum atomic E-state index is 13.7. The van der Waals surface area contributed by atoms with Crippen molar-refractivity contribution in [2.24, 2.45) is 5.92 Å². The Morgan fingerprint density at radius 1 is 1.29 bits per heavy atom. The molecule has 0 spiro atoms. The molecule has 21 heavy (non-hydrogen) atoms. The summed E-state index contributed by atoms with van der Waals surface area (Å²) in [5.74, 6) is -0.782. The van der Waals surface area contributed by atoms with Gasteiger partial charge in [0.1, 0.15) is 17.9 Å². The zero-order chi connectivity index (χ0) is 15.7. The molecule has 1 aliphatic heterocycles. The summed E-state index contributed by atoms with van der Waals surface area (Å²) >= 11 is 0. The summed E-state index contributed by atoms with van der Waals surface area (Å²) in [4.78, 5) is 26.4. The number of hydrogen-bond acceptors (Lipinski definition) is 2. The summed E-state index contributed by atoms with van der Waals surface area (Å²) in [7, 11) is 0. The molecule has 5 heteroatoms. The Balaban J connectivity index is 2.49. The third-order valence-corrected chi connectivity index (χ3v) is 3.77. The predicted octanol–water partition coefficient (Wildman–Crippen LogP) is 2.40. The molecule has 1 N–H and O–H groups in total. The standard InChI is InChI=1S/C16H21FN2O2/c1-5-13-15(20)18-14(9(2)3)16(21)19(13)12-7-10(4)6-11(17)8-12/h6-9,13-14H,5H2,1-4H3,(H,18,20). The molecule has 2 atom stereocenters. The van der Waals surface area contributed by atoms with Crippen molar-refractivity contribution in [3.05, 3.63) is 29.6 Å². The van der Waals surface area contributed by atoms with E-state index in [0.717, 1.165) is 5.56 Å². The maximum Gasteiger partial charge on any atom is 0.250 e. The number of piperazine rings is 1. The Kier molecular flexibility index (Phi) is 4.30. The smallest absolute Gasteiger partial charge is 0.250 e. The molecule has 1 aromatic rings. The van der Waals surface area contributed by atoms with Gasteiger partial charge in [-0.15, -0.1) is 0 Å². The highest BCUT2D eigenvalue weighted by atomic mass is 19.1. The second-order valence-corrected chi connectivity index (χ2v) is 5.85. The first kappa shape index (κ1) is 15.5. The maximum absolute atomic E-state index is 13.7. The minimum absolute atomic E-state index is 0.0172. The van der Waals surface area contributed by atoms with E-state index in [2.05, 4.69) is 5.32 Å². The number of nitrogens with zero attached hydrogens (tertiary/aromatic N) is 1. The van der Waals surface area contributed by atoms with Crippen LogP contribution in [-0.2, 0) is 9.59 Å². The van der Waals surface area contributed by atoms with Crippen LogP contribution >= 0.6 is 0 Å². The molecule has 1 heterocycles. The van der Waals surface area contributed by atoms with E-state index in [9.17, 15) is 14.0 Å². The van der Waals surface area contributed by atoms with Crippen LogP contribution in [0.3, 0.4) is 0 Å². The molecule has 0 radical (unpaired) electrons. The first-order valence-electron chi connectivity index (χ1n) is 7.25. The van der Waals surface area contributed by atoms with Gasteiger partial charge in [0.2, 0.25) is 5.91 Å². The Morgan fingerprint density at radius 2 is 1.95 bits per heavy atom. The van der Waals surface area contributed by atoms with Crippen LogP contribution in [0, 0.1) is 18.7 Å². The molecule has 1 saturated heterocycles. The molecule has 2 amide bonds. The highest BCUT2D eigenvalue weighted by Gasteiger charge is 2.41. The number of carbonyl (C=O) groups excluding carboxylic acids is 2. The average molecular weight is 292 g/mol. The van der Waals surface area contributed by atoms with Gasteiger partial charge < -0.3 is 5.32 Å². The molecule has 0 bridgehead atoms. The molecule has 4 nitrogen and oxygen atoms in total. The van der Waals surface area contributed by atoms with E-state index in [1.807, 2.05) is 20.8 Å². The molecule has 2 unspecified atom stereocenters. The summed E-state index contributed by atoms with van der Waals surface area (Å²) in [6.07, 6.45) is 0.484. The van der Waals surface area contributed by atoms with Crippen molar-refractivity contribution in [1.82, 2.24) is 5.32 Å². The van der Waals surface area contributed by atoms with E-state index in [1.54, 1.807) is 13.0 Å². The van der Waals surface area contributed by atoms with Gasteiger partial charge in [-0.1, -0.05) is 20.8 Å². The molecule has 114 valence electrons. The minimum atomic E-state index is -0.589. The van der Waals surface area contributed by atoms with Gasteiger partial charge in [0.15, 0.2) is 0 Å². The summed E-state index contributed by atoms with van der Waals surface area (Å²) < 4.78 is 13.7. The first-order valence-corrected chi connectivity index (χ1v) is 7.25. The molecular formula is C16H21FN2O2. The SMILES string of the molecule is CCC1C(=O)NC(C(C)C)C(=O)N1c1cc(C)cc(F)c1. The van der Waals surface area contributed by atoms with Crippen LogP contribution in [0.25, 0.3) is 0 Å². The number of amides is 2. The van der Waals surface area contributed by atoms with Crippen LogP contribution in [0.4, 0.5) is 10.1 Å². The highest BCUT2D eigenvalue weighted by Crippen LogP contribution is 2.26. The summed E-state index contributed by atoms with van der Waals surface area (Å²) in [6, 6.07) is 3.29. The fourth-order valence-corrected chi connectivity index (χ4v) is 2.71. The number of anilines is 1. The van der Waals surface area contributed by atoms with Crippen LogP contribution in [-0.4, -0.2) is 23.9 Å². The van der Waals surface area contributed by atoms with Gasteiger partial charge in [-0.25, -0.2) is 4.39 Å². The van der Waals surface area contributed by atoms with Gasteiger partial charge >= 0.3 is 0 Å². The molecule has 2 rings (SSSR count). The van der Waals surface area contributed by atoms with Crippen molar-refractivity contribution in [2.75, 3.05) is 4.90 Å². The van der Waals surface area contributed by atoms with E-state index in [-0.39, 0.29) is 17.7 Å². The summed E-state index contributed by atoms with van der Waals surface area (Å²) in [5, 5.41) is 2.77. The van der Waals surface area contributed by atoms with Gasteiger partial charge in [0.25, 0.3) is 5.91 Å². The number of rotatable bonds is 3. The Labute approximate surface area is 124 Å². The van der Waals surface area contributed by atoms with E-state index >= 15 is 0 Å². The molecule has 1 aliphatic rings. The van der Waals surface area contributed by atoms with E-state index in [0.29, 0.717) is 12.1 Å². The number of benzene rings is 1. The molecule has 1 aromatic carbocycles. The number of carbonyl (C=O) groups is 2. The molecular weight excluding hydrogens is 271 g/mol. The minimum Gasteiger partial charge on any atom is -0.342 e. The van der Waals surface area contributed by atoms with Crippen LogP contribution in [0.1, 0.15) is 32.8 Å². The zero-order valence-electron chi connectivity index (χ0n) is 12.8. The number of halogens is 1. The monoisotopic (exact) mass is 292 g/mol. The average Bonchev–Trinajstić information content (AvgIpc) is 2.38. The normalized spacial score (nSPS) is 22.7. The van der Waals surface area contributed by atoms with Crippen LogP contribution < -0.4 is 10.2 Å². The van der Waals surface area contributed by atoms with Crippen LogP contribution in [0.2, 0.25) is 0 Å². The zero-order valence-corrected chi connectivity index (χ0v) is 12.8. The predicted molar refractivity (Wildman–Crippen MR) is 79.5 cm³/mol. The molecule has 0 aromatic heterocycles. The number of hydrogen-bond donors (Lipinski definition) is 1. The largest absolute Gasteiger partial charge is 0.342 e. The fraction of sp³-hybridized carbons (Fsp3) is 0.500. The Hall–Kier alpha value is -1.91. The summed E-state index contributed by atoms with van der Waals surface area (Å²) in [5.41, 5.74) is 1.17. The highest BCUT2D eigenvalue weighted by molar-refractivity contribution is 6.08. The Morgan fingerprint density at radius 3 is 2.48 bits per heavy atom. The lowest BCUT2D eigenvalue weighted by Gasteiger charge is -2.40. The quantitative estimate of drug-likeness (QED) is 0.930. The topological polar surface area (TPSA) is 49.4 Å². The van der Waals surface area contributed by atoms with Gasteiger partial charge in [0, 0.05) is 5.69 Å². The van der Waals surface area contributed by atoms with Crippen molar-refractivity contribution in [2.45, 2.75) is 46.2 Å². The number of nitrogens with one attached hydrogen (secondary N) is 1. The molecule has 1 fully saturated rings.